The normalized spacial score (nSPS) is 12.0. The van der Waals surface area contributed by atoms with Crippen LogP contribution in [-0.4, -0.2) is 19.9 Å². The molecule has 0 atom stereocenters. The van der Waals surface area contributed by atoms with Crippen LogP contribution in [0.4, 0.5) is 18.9 Å². The molecule has 3 aromatic rings. The van der Waals surface area contributed by atoms with Gasteiger partial charge in [0.25, 0.3) is 0 Å². The van der Waals surface area contributed by atoms with Crippen molar-refractivity contribution in [1.29, 1.82) is 0 Å². The van der Waals surface area contributed by atoms with E-state index in [1.54, 1.807) is 0 Å². The maximum Gasteiger partial charge on any atom is 0.417 e. The number of nitrogens with two attached hydrogens (primary N) is 1. The Balaban J connectivity index is 2.08. The summed E-state index contributed by atoms with van der Waals surface area (Å²) in [6.07, 6.45) is -1.81. The van der Waals surface area contributed by atoms with Gasteiger partial charge in [-0.1, -0.05) is 11.8 Å². The SMILES string of the molecule is Nc1ccc(Sc2ncnc3nc[nH]c23)c(C(F)(F)F)c1. The lowest BCUT2D eigenvalue weighted by molar-refractivity contribution is -0.139. The van der Waals surface area contributed by atoms with Gasteiger partial charge >= 0.3 is 6.18 Å². The quantitative estimate of drug-likeness (QED) is 0.561. The second-order valence-electron chi connectivity index (χ2n) is 4.14. The highest BCUT2D eigenvalue weighted by Gasteiger charge is 2.34. The number of hydrogen-bond donors (Lipinski definition) is 2. The highest BCUT2D eigenvalue weighted by molar-refractivity contribution is 7.99. The third-order valence-electron chi connectivity index (χ3n) is 2.70. The number of anilines is 1. The molecule has 0 saturated carbocycles. The zero-order valence-electron chi connectivity index (χ0n) is 10.3. The van der Waals surface area contributed by atoms with Crippen molar-refractivity contribution in [3.05, 3.63) is 36.4 Å². The molecule has 2 heterocycles. The molecule has 0 aliphatic heterocycles. The molecular weight excluding hydrogens is 303 g/mol. The first-order chi connectivity index (χ1) is 9.95. The third-order valence-corrected chi connectivity index (χ3v) is 3.78. The number of H-pyrrole nitrogens is 1. The van der Waals surface area contributed by atoms with Crippen LogP contribution in [0, 0.1) is 0 Å². The van der Waals surface area contributed by atoms with E-state index in [0.717, 1.165) is 17.8 Å². The zero-order chi connectivity index (χ0) is 15.0. The molecule has 2 aromatic heterocycles. The van der Waals surface area contributed by atoms with E-state index >= 15 is 0 Å². The predicted octanol–water partition coefficient (Wildman–Crippen LogP) is 3.11. The summed E-state index contributed by atoms with van der Waals surface area (Å²) in [7, 11) is 0. The lowest BCUT2D eigenvalue weighted by Crippen LogP contribution is -2.07. The monoisotopic (exact) mass is 311 g/mol. The number of halogens is 3. The van der Waals surface area contributed by atoms with E-state index in [1.165, 1.54) is 24.8 Å². The second-order valence-corrected chi connectivity index (χ2v) is 5.17. The number of fused-ring (bicyclic) bond motifs is 1. The molecule has 0 aliphatic carbocycles. The molecule has 0 radical (unpaired) electrons. The second kappa shape index (κ2) is 4.92. The third kappa shape index (κ3) is 2.64. The summed E-state index contributed by atoms with van der Waals surface area (Å²) < 4.78 is 39.2. The van der Waals surface area contributed by atoms with E-state index in [-0.39, 0.29) is 10.6 Å². The predicted molar refractivity (Wildman–Crippen MR) is 71.7 cm³/mol. The summed E-state index contributed by atoms with van der Waals surface area (Å²) in [6.45, 7) is 0. The van der Waals surface area contributed by atoms with Gasteiger partial charge in [0.15, 0.2) is 5.65 Å². The molecule has 0 fully saturated rings. The number of hydrogen-bond acceptors (Lipinski definition) is 5. The Morgan fingerprint density at radius 3 is 2.71 bits per heavy atom. The molecule has 3 N–H and O–H groups in total. The van der Waals surface area contributed by atoms with E-state index in [0.29, 0.717) is 16.2 Å². The number of alkyl halides is 3. The summed E-state index contributed by atoms with van der Waals surface area (Å²) in [6, 6.07) is 3.66. The average molecular weight is 311 g/mol. The van der Waals surface area contributed by atoms with Crippen molar-refractivity contribution in [2.75, 3.05) is 5.73 Å². The molecule has 0 spiro atoms. The molecule has 9 heteroatoms. The van der Waals surface area contributed by atoms with Gasteiger partial charge in [-0.25, -0.2) is 15.0 Å². The molecule has 0 amide bonds. The van der Waals surface area contributed by atoms with Crippen molar-refractivity contribution in [1.82, 2.24) is 19.9 Å². The van der Waals surface area contributed by atoms with Crippen LogP contribution in [0.2, 0.25) is 0 Å². The Hall–Kier alpha value is -2.29. The zero-order valence-corrected chi connectivity index (χ0v) is 11.2. The van der Waals surface area contributed by atoms with Crippen molar-refractivity contribution < 1.29 is 13.2 Å². The van der Waals surface area contributed by atoms with Crippen LogP contribution in [0.1, 0.15) is 5.56 Å². The fourth-order valence-electron chi connectivity index (χ4n) is 1.78. The average Bonchev–Trinajstić information content (AvgIpc) is 2.89. The van der Waals surface area contributed by atoms with Gasteiger partial charge in [-0.3, -0.25) is 0 Å². The molecule has 5 nitrogen and oxygen atoms in total. The minimum Gasteiger partial charge on any atom is -0.399 e. The molecular formula is C12H8F3N5S. The fraction of sp³-hybridized carbons (Fsp3) is 0.0833. The standard InChI is InChI=1S/C12H8F3N5S/c13-12(14,15)7-3-6(16)1-2-8(7)21-11-9-10(18-4-17-9)19-5-20-11/h1-5H,16H2,(H,17,18,19,20). The number of nitrogen functional groups attached to an aromatic ring is 1. The van der Waals surface area contributed by atoms with Gasteiger partial charge in [-0.15, -0.1) is 0 Å². The first kappa shape index (κ1) is 13.7. The number of nitrogens with zero attached hydrogens (tertiary/aromatic N) is 3. The number of aromatic nitrogens is 4. The number of benzene rings is 1. The summed E-state index contributed by atoms with van der Waals surface area (Å²) in [5, 5.41) is 0.368. The van der Waals surface area contributed by atoms with E-state index in [9.17, 15) is 13.2 Å². The first-order valence-electron chi connectivity index (χ1n) is 5.74. The van der Waals surface area contributed by atoms with Gasteiger partial charge in [0.1, 0.15) is 16.9 Å². The smallest absolute Gasteiger partial charge is 0.399 e. The van der Waals surface area contributed by atoms with E-state index in [1.807, 2.05) is 0 Å². The molecule has 108 valence electrons. The maximum atomic E-state index is 13.1. The van der Waals surface area contributed by atoms with Crippen LogP contribution < -0.4 is 5.73 Å². The summed E-state index contributed by atoms with van der Waals surface area (Å²) in [5.41, 5.74) is 5.60. The van der Waals surface area contributed by atoms with Crippen LogP contribution in [-0.2, 0) is 6.18 Å². The van der Waals surface area contributed by atoms with Crippen molar-refractivity contribution in [2.45, 2.75) is 16.1 Å². The van der Waals surface area contributed by atoms with Crippen molar-refractivity contribution in [3.8, 4) is 0 Å². The molecule has 3 rings (SSSR count). The molecule has 1 aromatic carbocycles. The van der Waals surface area contributed by atoms with Crippen molar-refractivity contribution in [2.24, 2.45) is 0 Å². The Labute approximate surface area is 120 Å². The van der Waals surface area contributed by atoms with Crippen molar-refractivity contribution >= 4 is 28.6 Å². The Morgan fingerprint density at radius 1 is 1.14 bits per heavy atom. The molecule has 0 unspecified atom stereocenters. The number of rotatable bonds is 2. The summed E-state index contributed by atoms with van der Waals surface area (Å²) in [4.78, 5) is 14.7. The van der Waals surface area contributed by atoms with Crippen LogP contribution in [0.25, 0.3) is 11.2 Å². The largest absolute Gasteiger partial charge is 0.417 e. The van der Waals surface area contributed by atoms with Crippen LogP contribution in [0.15, 0.2) is 40.8 Å². The van der Waals surface area contributed by atoms with Gasteiger partial charge in [-0.05, 0) is 18.2 Å². The Kier molecular flexibility index (Phi) is 3.20. The van der Waals surface area contributed by atoms with Crippen molar-refractivity contribution in [3.63, 3.8) is 0 Å². The van der Waals surface area contributed by atoms with Gasteiger partial charge < -0.3 is 10.7 Å². The highest BCUT2D eigenvalue weighted by Crippen LogP contribution is 2.40. The van der Waals surface area contributed by atoms with Gasteiger partial charge in [0, 0.05) is 10.6 Å². The number of nitrogens with one attached hydrogen (secondary N) is 1. The lowest BCUT2D eigenvalue weighted by atomic mass is 10.2. The highest BCUT2D eigenvalue weighted by atomic mass is 32.2. The first-order valence-corrected chi connectivity index (χ1v) is 6.55. The minimum absolute atomic E-state index is 0.0197. The van der Waals surface area contributed by atoms with Gasteiger partial charge in [-0.2, -0.15) is 13.2 Å². The van der Waals surface area contributed by atoms with Gasteiger partial charge in [0.05, 0.1) is 11.9 Å². The van der Waals surface area contributed by atoms with E-state index < -0.39 is 11.7 Å². The maximum absolute atomic E-state index is 13.1. The molecule has 21 heavy (non-hydrogen) atoms. The number of imidazole rings is 1. The van der Waals surface area contributed by atoms with Crippen LogP contribution in [0.3, 0.4) is 0 Å². The van der Waals surface area contributed by atoms with Crippen LogP contribution >= 0.6 is 11.8 Å². The molecule has 0 saturated heterocycles. The number of aromatic amines is 1. The van der Waals surface area contributed by atoms with E-state index in [2.05, 4.69) is 19.9 Å². The summed E-state index contributed by atoms with van der Waals surface area (Å²) >= 11 is 0.886. The fourth-order valence-corrected chi connectivity index (χ4v) is 2.76. The molecule has 0 bridgehead atoms. The lowest BCUT2D eigenvalue weighted by Gasteiger charge is -2.12. The summed E-state index contributed by atoms with van der Waals surface area (Å²) in [5.74, 6) is 0. The topological polar surface area (TPSA) is 80.5 Å². The van der Waals surface area contributed by atoms with E-state index in [4.69, 9.17) is 5.73 Å². The van der Waals surface area contributed by atoms with Gasteiger partial charge in [0.2, 0.25) is 0 Å². The Bertz CT molecular complexity index is 799. The van der Waals surface area contributed by atoms with Crippen LogP contribution in [0.5, 0.6) is 0 Å². The Morgan fingerprint density at radius 2 is 1.95 bits per heavy atom. The minimum atomic E-state index is -4.49. The molecule has 0 aliphatic rings.